The van der Waals surface area contributed by atoms with Gasteiger partial charge in [0.1, 0.15) is 0 Å². The number of hydrogen-bond donors (Lipinski definition) is 0. The molecule has 2 atom stereocenters. The molecule has 0 saturated carbocycles. The van der Waals surface area contributed by atoms with E-state index >= 15 is 26.3 Å². The highest BCUT2D eigenvalue weighted by Crippen LogP contribution is 2.57. The molecule has 0 amide bonds. The Morgan fingerprint density at radius 1 is 0.489 bits per heavy atom. The Hall–Kier alpha value is -4.39. The number of benzene rings is 4. The maximum absolute atomic E-state index is 17.1. The topological polar surface area (TPSA) is 18.5 Å². The van der Waals surface area contributed by atoms with Gasteiger partial charge in [-0.05, 0) is 23.3 Å². The molecule has 0 fully saturated rings. The molecule has 4 rings (SSSR count). The molecule has 0 aliphatic rings. The fourth-order valence-corrected chi connectivity index (χ4v) is 5.54. The summed E-state index contributed by atoms with van der Waals surface area (Å²) < 4.78 is 163. The van der Waals surface area contributed by atoms with Crippen LogP contribution in [0.1, 0.15) is 22.3 Å². The number of hydrogen-bond acceptors (Lipinski definition) is 3. The zero-order valence-electron chi connectivity index (χ0n) is 23.1. The van der Waals surface area contributed by atoms with Crippen LogP contribution in [-0.2, 0) is 10.0 Å². The molecule has 0 spiro atoms. The molecule has 0 bridgehead atoms. The van der Waals surface area contributed by atoms with Crippen molar-refractivity contribution in [2.75, 3.05) is 14.2 Å². The second-order valence-electron chi connectivity index (χ2n) is 9.21. The van der Waals surface area contributed by atoms with Crippen molar-refractivity contribution in [3.8, 4) is 11.5 Å². The van der Waals surface area contributed by atoms with E-state index in [0.717, 1.165) is 12.2 Å². The minimum absolute atomic E-state index is 0.124. The Morgan fingerprint density at radius 3 is 1.04 bits per heavy atom. The van der Waals surface area contributed by atoms with E-state index in [9.17, 15) is 17.6 Å². The van der Waals surface area contributed by atoms with Gasteiger partial charge in [0.05, 0.1) is 25.3 Å². The van der Waals surface area contributed by atoms with E-state index in [2.05, 4.69) is 9.47 Å². The Bertz CT molecular complexity index is 1580. The van der Waals surface area contributed by atoms with Crippen LogP contribution in [0.4, 0.5) is 43.9 Å². The summed E-state index contributed by atoms with van der Waals surface area (Å²) in [6.45, 7) is 0. The van der Waals surface area contributed by atoms with Gasteiger partial charge in [0.25, 0.3) is 0 Å². The fraction of sp³-hybridized carbons (Fsp3) is 0.125. The minimum atomic E-state index is -4.08. The van der Waals surface area contributed by atoms with Gasteiger partial charge in [0, 0.05) is 0 Å². The van der Waals surface area contributed by atoms with E-state index in [1.807, 2.05) is 0 Å². The predicted molar refractivity (Wildman–Crippen MR) is 150 cm³/mol. The van der Waals surface area contributed by atoms with Gasteiger partial charge in [0.2, 0.25) is 33.3 Å². The van der Waals surface area contributed by atoms with Crippen molar-refractivity contribution in [2.45, 2.75) is 10.0 Å². The monoisotopic (exact) mass is 658 g/mol. The fourth-order valence-electron chi connectivity index (χ4n) is 4.27. The molecule has 13 heteroatoms. The van der Waals surface area contributed by atoms with Crippen LogP contribution in [0, 0.1) is 46.5 Å². The molecule has 45 heavy (non-hydrogen) atoms. The van der Waals surface area contributed by atoms with Crippen LogP contribution in [-0.4, -0.2) is 14.2 Å². The van der Waals surface area contributed by atoms with Crippen LogP contribution in [0.5, 0.6) is 11.5 Å². The standard InChI is InChI=1S/C32H20F10O2S/c1-43-29-25(37)21(33)19(22(34)26(29)38)31(41,15-13-17-9-5-3-6-10-17)45-32(42,16-14-18-11-7-4-8-12-18)20-23(35)27(39)30(44-2)28(40)24(20)36/h3-16H,1-2H3/b15-13-,16-14-. The SMILES string of the molecule is COc1c(F)c(F)c(C(F)(/C=C\c2ccccc2)SC(F)(/C=C\c2ccccc2)c2c(F)c(F)c(OC)c(F)c2F)c(F)c1F. The number of halogens is 10. The molecule has 0 radical (unpaired) electrons. The summed E-state index contributed by atoms with van der Waals surface area (Å²) in [6, 6.07) is 14.3. The van der Waals surface area contributed by atoms with E-state index in [1.165, 1.54) is 48.5 Å². The largest absolute Gasteiger partial charge is 0.491 e. The normalized spacial score (nSPS) is 14.5. The van der Waals surface area contributed by atoms with Crippen molar-refractivity contribution in [2.24, 2.45) is 0 Å². The van der Waals surface area contributed by atoms with Gasteiger partial charge in [-0.2, -0.15) is 17.6 Å². The first-order chi connectivity index (χ1) is 21.3. The van der Waals surface area contributed by atoms with Crippen LogP contribution in [0.25, 0.3) is 12.2 Å². The third-order valence-electron chi connectivity index (χ3n) is 6.41. The molecule has 4 aromatic carbocycles. The number of rotatable bonds is 10. The minimum Gasteiger partial charge on any atom is -0.491 e. The van der Waals surface area contributed by atoms with E-state index in [-0.39, 0.29) is 23.3 Å². The molecule has 4 aromatic rings. The summed E-state index contributed by atoms with van der Waals surface area (Å²) in [4.78, 5) is 0. The Labute approximate surface area is 254 Å². The van der Waals surface area contributed by atoms with E-state index in [0.29, 0.717) is 14.2 Å². The van der Waals surface area contributed by atoms with Gasteiger partial charge < -0.3 is 9.47 Å². The zero-order chi connectivity index (χ0) is 33.1. The molecule has 236 valence electrons. The molecular formula is C32H20F10O2S. The molecule has 0 aromatic heterocycles. The lowest BCUT2D eigenvalue weighted by Crippen LogP contribution is -2.28. The van der Waals surface area contributed by atoms with Crippen LogP contribution in [0.2, 0.25) is 0 Å². The lowest BCUT2D eigenvalue weighted by molar-refractivity contribution is 0.277. The summed E-state index contributed by atoms with van der Waals surface area (Å²) in [7, 11) is 1.32. The first-order valence-corrected chi connectivity index (χ1v) is 13.5. The lowest BCUT2D eigenvalue weighted by Gasteiger charge is -2.32. The average Bonchev–Trinajstić information content (AvgIpc) is 3.03. The smallest absolute Gasteiger partial charge is 0.209 e. The van der Waals surface area contributed by atoms with Crippen molar-refractivity contribution in [1.29, 1.82) is 0 Å². The van der Waals surface area contributed by atoms with Crippen molar-refractivity contribution < 1.29 is 53.4 Å². The van der Waals surface area contributed by atoms with Gasteiger partial charge in [0.15, 0.2) is 34.8 Å². The van der Waals surface area contributed by atoms with Crippen molar-refractivity contribution in [3.63, 3.8) is 0 Å². The Morgan fingerprint density at radius 2 is 0.778 bits per heavy atom. The van der Waals surface area contributed by atoms with Crippen LogP contribution < -0.4 is 9.47 Å². The first kappa shape index (κ1) is 33.5. The average molecular weight is 659 g/mol. The van der Waals surface area contributed by atoms with E-state index < -0.39 is 90.9 Å². The van der Waals surface area contributed by atoms with Gasteiger partial charge in [-0.3, -0.25) is 0 Å². The molecule has 2 unspecified atom stereocenters. The Balaban J connectivity index is 2.07. The molecular weight excluding hydrogens is 638 g/mol. The summed E-state index contributed by atoms with van der Waals surface area (Å²) in [5, 5.41) is -8.17. The second kappa shape index (κ2) is 13.3. The molecule has 0 saturated heterocycles. The van der Waals surface area contributed by atoms with Gasteiger partial charge in [-0.25, -0.2) is 26.3 Å². The highest BCUT2D eigenvalue weighted by molar-refractivity contribution is 8.01. The number of methoxy groups -OCH3 is 2. The number of ether oxygens (including phenoxy) is 2. The highest BCUT2D eigenvalue weighted by atomic mass is 32.2. The van der Waals surface area contributed by atoms with Gasteiger partial charge in [-0.1, -0.05) is 84.6 Å². The van der Waals surface area contributed by atoms with E-state index in [1.54, 1.807) is 12.1 Å². The maximum Gasteiger partial charge on any atom is 0.209 e. The van der Waals surface area contributed by atoms with E-state index in [4.69, 9.17) is 0 Å². The number of thioether (sulfide) groups is 1. The summed E-state index contributed by atoms with van der Waals surface area (Å²) >= 11 is -0.958. The summed E-state index contributed by atoms with van der Waals surface area (Å²) in [6.07, 6.45) is 2.18. The molecule has 0 aliphatic heterocycles. The summed E-state index contributed by atoms with van der Waals surface area (Å²) in [5.41, 5.74) is -3.92. The third kappa shape index (κ3) is 6.39. The highest BCUT2D eigenvalue weighted by Gasteiger charge is 2.51. The lowest BCUT2D eigenvalue weighted by atomic mass is 10.0. The maximum atomic E-state index is 17.1. The third-order valence-corrected chi connectivity index (χ3v) is 7.69. The quantitative estimate of drug-likeness (QED) is 0.125. The van der Waals surface area contributed by atoms with Gasteiger partial charge >= 0.3 is 0 Å². The molecule has 0 aliphatic carbocycles. The zero-order valence-corrected chi connectivity index (χ0v) is 23.9. The number of alkyl halides is 2. The Kier molecular flexibility index (Phi) is 9.91. The van der Waals surface area contributed by atoms with Crippen molar-refractivity contribution in [3.05, 3.63) is 142 Å². The molecule has 0 N–H and O–H groups in total. The predicted octanol–water partition coefficient (Wildman–Crippen LogP) is 9.92. The molecule has 0 heterocycles. The first-order valence-electron chi connectivity index (χ1n) is 12.7. The van der Waals surface area contributed by atoms with Crippen LogP contribution >= 0.6 is 11.8 Å². The molecule has 2 nitrogen and oxygen atoms in total. The van der Waals surface area contributed by atoms with Crippen LogP contribution in [0.15, 0.2) is 72.8 Å². The van der Waals surface area contributed by atoms with Crippen LogP contribution in [0.3, 0.4) is 0 Å². The second-order valence-corrected chi connectivity index (χ2v) is 10.6. The van der Waals surface area contributed by atoms with Crippen molar-refractivity contribution in [1.82, 2.24) is 0 Å². The summed E-state index contributed by atoms with van der Waals surface area (Å²) in [5.74, 6) is -21.6. The van der Waals surface area contributed by atoms with Crippen molar-refractivity contribution >= 4 is 23.9 Å². The van der Waals surface area contributed by atoms with Gasteiger partial charge in [-0.15, -0.1) is 0 Å².